The normalized spacial score (nSPS) is 10.1. The van der Waals surface area contributed by atoms with Crippen LogP contribution in [-0.4, -0.2) is 32.0 Å². The van der Waals surface area contributed by atoms with Gasteiger partial charge in [-0.1, -0.05) is 0 Å². The molecule has 3 nitrogen and oxygen atoms in total. The van der Waals surface area contributed by atoms with Gasteiger partial charge in [0, 0.05) is 21.1 Å². The van der Waals surface area contributed by atoms with E-state index in [2.05, 4.69) is 4.99 Å². The fourth-order valence-corrected chi connectivity index (χ4v) is 0.200. The molecule has 8 heavy (non-hydrogen) atoms. The summed E-state index contributed by atoms with van der Waals surface area (Å²) in [5.41, 5.74) is 5.29. The van der Waals surface area contributed by atoms with E-state index in [-0.39, 0.29) is 24.0 Å². The summed E-state index contributed by atoms with van der Waals surface area (Å²) >= 11 is 0. The van der Waals surface area contributed by atoms with Crippen LogP contribution in [0.5, 0.6) is 0 Å². The van der Waals surface area contributed by atoms with Crippen LogP contribution in [0, 0.1) is 0 Å². The molecule has 0 radical (unpaired) electrons. The summed E-state index contributed by atoms with van der Waals surface area (Å²) in [6.07, 6.45) is 0. The molecule has 0 spiro atoms. The van der Waals surface area contributed by atoms with Crippen molar-refractivity contribution in [1.82, 2.24) is 4.90 Å². The van der Waals surface area contributed by atoms with E-state index < -0.39 is 0 Å². The van der Waals surface area contributed by atoms with E-state index in [0.29, 0.717) is 5.96 Å². The minimum atomic E-state index is 0. The monoisotopic (exact) mass is 229 g/mol. The zero-order valence-corrected chi connectivity index (χ0v) is 7.71. The lowest BCUT2D eigenvalue weighted by Crippen LogP contribution is -2.29. The van der Waals surface area contributed by atoms with Crippen molar-refractivity contribution < 1.29 is 0 Å². The molecule has 0 amide bonds. The van der Waals surface area contributed by atoms with Crippen molar-refractivity contribution in [2.24, 2.45) is 10.7 Å². The number of rotatable bonds is 0. The number of nitrogens with zero attached hydrogens (tertiary/aromatic N) is 2. The molecule has 2 N–H and O–H groups in total. The zero-order chi connectivity index (χ0) is 5.86. The second kappa shape index (κ2) is 5.14. The number of hydrogen-bond donors (Lipinski definition) is 1. The van der Waals surface area contributed by atoms with Crippen LogP contribution >= 0.6 is 24.0 Å². The van der Waals surface area contributed by atoms with Crippen LogP contribution in [0.3, 0.4) is 0 Å². The van der Waals surface area contributed by atoms with E-state index in [0.717, 1.165) is 0 Å². The Kier molecular flexibility index (Phi) is 7.00. The average Bonchev–Trinajstić information content (AvgIpc) is 1.65. The Labute approximate surface area is 67.0 Å². The Morgan fingerprint density at radius 1 is 1.50 bits per heavy atom. The Bertz CT molecular complexity index is 79.4. The highest BCUT2D eigenvalue weighted by Crippen LogP contribution is 1.68. The molecule has 0 aliphatic heterocycles. The molecule has 0 unspecified atom stereocenters. The van der Waals surface area contributed by atoms with Crippen molar-refractivity contribution in [2.45, 2.75) is 0 Å². The zero-order valence-electron chi connectivity index (χ0n) is 5.38. The fourth-order valence-electron chi connectivity index (χ4n) is 0.200. The Morgan fingerprint density at radius 2 is 1.88 bits per heavy atom. The first-order chi connectivity index (χ1) is 3.18. The first kappa shape index (κ1) is 10.9. The van der Waals surface area contributed by atoms with E-state index >= 15 is 0 Å². The molecular formula is C4H12IN3. The summed E-state index contributed by atoms with van der Waals surface area (Å²) in [4.78, 5) is 5.46. The van der Waals surface area contributed by atoms with E-state index in [1.165, 1.54) is 0 Å². The van der Waals surface area contributed by atoms with Crippen molar-refractivity contribution in [3.63, 3.8) is 0 Å². The van der Waals surface area contributed by atoms with Gasteiger partial charge in [0.15, 0.2) is 5.96 Å². The van der Waals surface area contributed by atoms with Crippen molar-refractivity contribution >= 4 is 29.9 Å². The summed E-state index contributed by atoms with van der Waals surface area (Å²) in [6.45, 7) is 0. The van der Waals surface area contributed by atoms with Gasteiger partial charge in [-0.25, -0.2) is 0 Å². The molecule has 0 heterocycles. The van der Waals surface area contributed by atoms with Gasteiger partial charge >= 0.3 is 0 Å². The standard InChI is InChI=1S/C4H11N3.HI/c1-6-4(5)7(2)3;/h1-3H3,(H2,5,6);1H. The third-order valence-corrected chi connectivity index (χ3v) is 0.687. The maximum atomic E-state index is 5.29. The maximum Gasteiger partial charge on any atom is 0.190 e. The highest BCUT2D eigenvalue weighted by Gasteiger charge is 1.86. The fraction of sp³-hybridized carbons (Fsp3) is 0.750. The van der Waals surface area contributed by atoms with Crippen LogP contribution in [-0.2, 0) is 0 Å². The number of guanidine groups is 1. The number of halogens is 1. The maximum absolute atomic E-state index is 5.29. The molecule has 0 aromatic heterocycles. The van der Waals surface area contributed by atoms with Gasteiger partial charge in [-0.2, -0.15) is 0 Å². The second-order valence-electron chi connectivity index (χ2n) is 1.48. The predicted octanol–water partition coefficient (Wildman–Crippen LogP) is 0.110. The van der Waals surface area contributed by atoms with Crippen LogP contribution < -0.4 is 5.73 Å². The van der Waals surface area contributed by atoms with Gasteiger partial charge in [-0.05, 0) is 0 Å². The molecule has 0 aromatic rings. The predicted molar refractivity (Wildman–Crippen MR) is 46.6 cm³/mol. The molecule has 0 fully saturated rings. The van der Waals surface area contributed by atoms with Crippen LogP contribution in [0.4, 0.5) is 0 Å². The van der Waals surface area contributed by atoms with Gasteiger partial charge in [0.25, 0.3) is 0 Å². The molecule has 4 heteroatoms. The summed E-state index contributed by atoms with van der Waals surface area (Å²) in [5.74, 6) is 0.556. The van der Waals surface area contributed by atoms with Crippen LogP contribution in [0.2, 0.25) is 0 Å². The highest BCUT2D eigenvalue weighted by molar-refractivity contribution is 14.0. The van der Waals surface area contributed by atoms with Crippen LogP contribution in [0.25, 0.3) is 0 Å². The quantitative estimate of drug-likeness (QED) is 0.364. The lowest BCUT2D eigenvalue weighted by molar-refractivity contribution is 0.613. The minimum absolute atomic E-state index is 0. The lowest BCUT2D eigenvalue weighted by Gasteiger charge is -2.07. The van der Waals surface area contributed by atoms with Crippen molar-refractivity contribution in [3.05, 3.63) is 0 Å². The number of nitrogens with two attached hydrogens (primary N) is 1. The Balaban J connectivity index is 0. The van der Waals surface area contributed by atoms with E-state index in [1.807, 2.05) is 14.1 Å². The molecule has 0 atom stereocenters. The van der Waals surface area contributed by atoms with Crippen molar-refractivity contribution in [3.8, 4) is 0 Å². The van der Waals surface area contributed by atoms with E-state index in [9.17, 15) is 0 Å². The first-order valence-corrected chi connectivity index (χ1v) is 2.08. The third-order valence-electron chi connectivity index (χ3n) is 0.687. The molecule has 50 valence electrons. The molecule has 0 saturated carbocycles. The van der Waals surface area contributed by atoms with E-state index in [4.69, 9.17) is 5.73 Å². The average molecular weight is 229 g/mol. The summed E-state index contributed by atoms with van der Waals surface area (Å²) in [6, 6.07) is 0. The number of aliphatic imine (C=N–C) groups is 1. The highest BCUT2D eigenvalue weighted by atomic mass is 127. The molecule has 0 rings (SSSR count). The van der Waals surface area contributed by atoms with E-state index in [1.54, 1.807) is 11.9 Å². The molecule has 0 aliphatic rings. The van der Waals surface area contributed by atoms with Crippen LogP contribution in [0.1, 0.15) is 0 Å². The van der Waals surface area contributed by atoms with Crippen LogP contribution in [0.15, 0.2) is 4.99 Å². The summed E-state index contributed by atoms with van der Waals surface area (Å²) in [5, 5.41) is 0. The van der Waals surface area contributed by atoms with Crippen molar-refractivity contribution in [2.75, 3.05) is 21.1 Å². The topological polar surface area (TPSA) is 41.6 Å². The number of hydrogen-bond acceptors (Lipinski definition) is 1. The molecule has 0 aliphatic carbocycles. The Hall–Kier alpha value is 0. The first-order valence-electron chi connectivity index (χ1n) is 2.08. The van der Waals surface area contributed by atoms with Gasteiger partial charge in [-0.15, -0.1) is 24.0 Å². The SMILES string of the molecule is CN=C(N)N(C)C.I. The summed E-state index contributed by atoms with van der Waals surface area (Å²) < 4.78 is 0. The largest absolute Gasteiger partial charge is 0.370 e. The Morgan fingerprint density at radius 3 is 1.88 bits per heavy atom. The molecular weight excluding hydrogens is 217 g/mol. The second-order valence-corrected chi connectivity index (χ2v) is 1.48. The third kappa shape index (κ3) is 4.17. The summed E-state index contributed by atoms with van der Waals surface area (Å²) in [7, 11) is 5.36. The molecule has 0 bridgehead atoms. The van der Waals surface area contributed by atoms with Gasteiger partial charge < -0.3 is 10.6 Å². The minimum Gasteiger partial charge on any atom is -0.370 e. The van der Waals surface area contributed by atoms with Crippen molar-refractivity contribution in [1.29, 1.82) is 0 Å². The van der Waals surface area contributed by atoms with Gasteiger partial charge in [-0.3, -0.25) is 4.99 Å². The van der Waals surface area contributed by atoms with Gasteiger partial charge in [0.05, 0.1) is 0 Å². The molecule has 0 saturated heterocycles. The lowest BCUT2D eigenvalue weighted by atomic mass is 10.8. The smallest absolute Gasteiger partial charge is 0.190 e. The molecule has 0 aromatic carbocycles. The van der Waals surface area contributed by atoms with Gasteiger partial charge in [0.2, 0.25) is 0 Å². The van der Waals surface area contributed by atoms with Gasteiger partial charge in [0.1, 0.15) is 0 Å².